The second-order valence-electron chi connectivity index (χ2n) is 4.31. The van der Waals surface area contributed by atoms with Crippen molar-refractivity contribution >= 4 is 17.5 Å². The molecule has 2 rings (SSSR count). The van der Waals surface area contributed by atoms with Gasteiger partial charge in [-0.1, -0.05) is 0 Å². The lowest BCUT2D eigenvalue weighted by molar-refractivity contribution is -0.385. The molecule has 0 saturated carbocycles. The van der Waals surface area contributed by atoms with E-state index in [2.05, 4.69) is 5.32 Å². The molecule has 1 aromatic carbocycles. The van der Waals surface area contributed by atoms with Crippen molar-refractivity contribution in [1.29, 1.82) is 0 Å². The average Bonchev–Trinajstić information content (AvgIpc) is 2.62. The van der Waals surface area contributed by atoms with Gasteiger partial charge < -0.3 is 10.2 Å². The zero-order valence-corrected chi connectivity index (χ0v) is 10.5. The van der Waals surface area contributed by atoms with Gasteiger partial charge in [0.2, 0.25) is 5.91 Å². The predicted molar refractivity (Wildman–Crippen MR) is 66.6 cm³/mol. The van der Waals surface area contributed by atoms with Crippen LogP contribution in [0.2, 0.25) is 0 Å². The first-order valence-electron chi connectivity index (χ1n) is 5.99. The summed E-state index contributed by atoms with van der Waals surface area (Å²) in [4.78, 5) is 34.9. The molecule has 1 aliphatic heterocycles. The highest BCUT2D eigenvalue weighted by molar-refractivity contribution is 5.98. The summed E-state index contributed by atoms with van der Waals surface area (Å²) < 4.78 is 13.0. The Bertz CT molecular complexity index is 576. The Morgan fingerprint density at radius 3 is 2.85 bits per heavy atom. The van der Waals surface area contributed by atoms with Crippen molar-refractivity contribution in [2.45, 2.75) is 6.42 Å². The van der Waals surface area contributed by atoms with Crippen LogP contribution in [0.25, 0.3) is 0 Å². The minimum absolute atomic E-state index is 0.140. The Kier molecular flexibility index (Phi) is 3.92. The Hall–Kier alpha value is -2.51. The quantitative estimate of drug-likeness (QED) is 0.637. The van der Waals surface area contributed by atoms with Crippen LogP contribution in [0, 0.1) is 15.9 Å². The molecule has 1 heterocycles. The standard InChI is InChI=1S/C12H12FN3O4/c13-8-1-2-9(10(7-8)16(19)20)12(18)15-5-3-11(17)14-4-6-15/h1-2,7H,3-6H2,(H,14,17). The number of halogens is 1. The Labute approximate surface area is 113 Å². The Morgan fingerprint density at radius 1 is 1.40 bits per heavy atom. The van der Waals surface area contributed by atoms with E-state index in [9.17, 15) is 24.1 Å². The van der Waals surface area contributed by atoms with E-state index in [4.69, 9.17) is 0 Å². The third-order valence-corrected chi connectivity index (χ3v) is 2.99. The topological polar surface area (TPSA) is 92.5 Å². The number of nitro benzene ring substituents is 1. The van der Waals surface area contributed by atoms with Gasteiger partial charge in [0.1, 0.15) is 11.4 Å². The van der Waals surface area contributed by atoms with Crippen molar-refractivity contribution in [3.8, 4) is 0 Å². The van der Waals surface area contributed by atoms with Crippen LogP contribution in [0.5, 0.6) is 0 Å². The summed E-state index contributed by atoms with van der Waals surface area (Å²) in [6, 6.07) is 2.81. The molecule has 0 aliphatic carbocycles. The summed E-state index contributed by atoms with van der Waals surface area (Å²) in [7, 11) is 0. The molecule has 1 saturated heterocycles. The van der Waals surface area contributed by atoms with Gasteiger partial charge >= 0.3 is 0 Å². The SMILES string of the molecule is O=C1CCN(C(=O)c2ccc(F)cc2[N+](=O)[O-])CCN1. The van der Waals surface area contributed by atoms with Gasteiger partial charge in [0.15, 0.2) is 0 Å². The highest BCUT2D eigenvalue weighted by Gasteiger charge is 2.26. The van der Waals surface area contributed by atoms with E-state index in [1.807, 2.05) is 0 Å². The van der Waals surface area contributed by atoms with Crippen molar-refractivity contribution in [3.63, 3.8) is 0 Å². The van der Waals surface area contributed by atoms with E-state index in [0.29, 0.717) is 12.6 Å². The monoisotopic (exact) mass is 281 g/mol. The van der Waals surface area contributed by atoms with Crippen molar-refractivity contribution in [3.05, 3.63) is 39.7 Å². The summed E-state index contributed by atoms with van der Waals surface area (Å²) in [5.74, 6) is -1.52. The molecule has 2 amide bonds. The molecular formula is C12H12FN3O4. The summed E-state index contributed by atoms with van der Waals surface area (Å²) in [6.45, 7) is 0.734. The molecule has 0 atom stereocenters. The van der Waals surface area contributed by atoms with Gasteiger partial charge in [-0.05, 0) is 12.1 Å². The van der Waals surface area contributed by atoms with Crippen LogP contribution >= 0.6 is 0 Å². The minimum Gasteiger partial charge on any atom is -0.354 e. The first kappa shape index (κ1) is 13.9. The fourth-order valence-corrected chi connectivity index (χ4v) is 1.98. The molecule has 0 aromatic heterocycles. The van der Waals surface area contributed by atoms with Crippen molar-refractivity contribution in [2.75, 3.05) is 19.6 Å². The van der Waals surface area contributed by atoms with Gasteiger partial charge in [0, 0.05) is 26.1 Å². The fraction of sp³-hybridized carbons (Fsp3) is 0.333. The maximum Gasteiger partial charge on any atom is 0.285 e. The molecule has 1 aromatic rings. The number of amides is 2. The molecule has 0 radical (unpaired) electrons. The smallest absolute Gasteiger partial charge is 0.285 e. The van der Waals surface area contributed by atoms with E-state index in [1.165, 1.54) is 4.90 Å². The average molecular weight is 281 g/mol. The van der Waals surface area contributed by atoms with Crippen molar-refractivity contribution in [2.24, 2.45) is 0 Å². The fourth-order valence-electron chi connectivity index (χ4n) is 1.98. The number of nitro groups is 1. The molecule has 1 fully saturated rings. The highest BCUT2D eigenvalue weighted by Crippen LogP contribution is 2.21. The molecular weight excluding hydrogens is 269 g/mol. The third kappa shape index (κ3) is 2.90. The van der Waals surface area contributed by atoms with Crippen LogP contribution in [0.1, 0.15) is 16.8 Å². The number of carbonyl (C=O) groups excluding carboxylic acids is 2. The normalized spacial score (nSPS) is 15.4. The van der Waals surface area contributed by atoms with Gasteiger partial charge in [0.05, 0.1) is 11.0 Å². The minimum atomic E-state index is -0.794. The number of carbonyl (C=O) groups is 2. The lowest BCUT2D eigenvalue weighted by atomic mass is 10.1. The van der Waals surface area contributed by atoms with Crippen molar-refractivity contribution in [1.82, 2.24) is 10.2 Å². The number of hydrogen-bond acceptors (Lipinski definition) is 4. The van der Waals surface area contributed by atoms with Crippen LogP contribution in [0.4, 0.5) is 10.1 Å². The maximum atomic E-state index is 13.0. The second-order valence-corrected chi connectivity index (χ2v) is 4.31. The Morgan fingerprint density at radius 2 is 2.15 bits per heavy atom. The second kappa shape index (κ2) is 5.64. The molecule has 1 aliphatic rings. The number of benzene rings is 1. The molecule has 106 valence electrons. The van der Waals surface area contributed by atoms with Crippen LogP contribution in [-0.4, -0.2) is 41.3 Å². The van der Waals surface area contributed by atoms with Gasteiger partial charge in [0.25, 0.3) is 11.6 Å². The maximum absolute atomic E-state index is 13.0. The zero-order chi connectivity index (χ0) is 14.7. The van der Waals surface area contributed by atoms with Crippen LogP contribution in [-0.2, 0) is 4.79 Å². The zero-order valence-electron chi connectivity index (χ0n) is 10.5. The van der Waals surface area contributed by atoms with E-state index in [1.54, 1.807) is 0 Å². The van der Waals surface area contributed by atoms with Crippen molar-refractivity contribution < 1.29 is 18.9 Å². The first-order chi connectivity index (χ1) is 9.49. The van der Waals surface area contributed by atoms with Gasteiger partial charge in [-0.25, -0.2) is 4.39 Å². The summed E-state index contributed by atoms with van der Waals surface area (Å²) in [5.41, 5.74) is -0.746. The number of nitrogens with zero attached hydrogens (tertiary/aromatic N) is 2. The summed E-state index contributed by atoms with van der Waals surface area (Å²) in [6.07, 6.45) is 0.140. The lowest BCUT2D eigenvalue weighted by Crippen LogP contribution is -2.34. The van der Waals surface area contributed by atoms with E-state index in [0.717, 1.165) is 12.1 Å². The molecule has 0 spiro atoms. The number of hydrogen-bond donors (Lipinski definition) is 1. The summed E-state index contributed by atoms with van der Waals surface area (Å²) >= 11 is 0. The molecule has 0 unspecified atom stereocenters. The van der Waals surface area contributed by atoms with E-state index in [-0.39, 0.29) is 31.0 Å². The van der Waals surface area contributed by atoms with E-state index < -0.39 is 22.3 Å². The lowest BCUT2D eigenvalue weighted by Gasteiger charge is -2.19. The van der Waals surface area contributed by atoms with E-state index >= 15 is 0 Å². The molecule has 7 nitrogen and oxygen atoms in total. The molecule has 1 N–H and O–H groups in total. The van der Waals surface area contributed by atoms with Gasteiger partial charge in [-0.3, -0.25) is 19.7 Å². The summed E-state index contributed by atoms with van der Waals surface area (Å²) in [5, 5.41) is 13.5. The number of rotatable bonds is 2. The van der Waals surface area contributed by atoms with Gasteiger partial charge in [-0.2, -0.15) is 0 Å². The van der Waals surface area contributed by atoms with Crippen LogP contribution in [0.15, 0.2) is 18.2 Å². The largest absolute Gasteiger partial charge is 0.354 e. The Balaban J connectivity index is 2.28. The first-order valence-corrected chi connectivity index (χ1v) is 5.99. The van der Waals surface area contributed by atoms with Crippen LogP contribution in [0.3, 0.4) is 0 Å². The predicted octanol–water partition coefficient (Wildman–Crippen LogP) is 0.696. The van der Waals surface area contributed by atoms with Gasteiger partial charge in [-0.15, -0.1) is 0 Å². The molecule has 8 heteroatoms. The number of nitrogens with one attached hydrogen (secondary N) is 1. The molecule has 20 heavy (non-hydrogen) atoms. The van der Waals surface area contributed by atoms with Crippen LogP contribution < -0.4 is 5.32 Å². The third-order valence-electron chi connectivity index (χ3n) is 2.99. The molecule has 0 bridgehead atoms. The highest BCUT2D eigenvalue weighted by atomic mass is 19.1.